The van der Waals surface area contributed by atoms with Crippen LogP contribution in [0.25, 0.3) is 22.1 Å². The molecule has 0 saturated carbocycles. The lowest BCUT2D eigenvalue weighted by Gasteiger charge is -2.27. The van der Waals surface area contributed by atoms with Crippen LogP contribution in [0.15, 0.2) is 94.3 Å². The number of benzene rings is 4. The first-order chi connectivity index (χ1) is 20.5. The van der Waals surface area contributed by atoms with Gasteiger partial charge in [-0.15, -0.1) is 0 Å². The molecule has 212 valence electrons. The number of phenols is 1. The number of carbonyl (C=O) groups excluding carboxylic acids is 1. The van der Waals surface area contributed by atoms with Crippen molar-refractivity contribution in [1.29, 1.82) is 0 Å². The lowest BCUT2D eigenvalue weighted by atomic mass is 9.84. The molecule has 1 aliphatic heterocycles. The summed E-state index contributed by atoms with van der Waals surface area (Å²) in [5.74, 6) is 1.33. The molecule has 8 heteroatoms. The fourth-order valence-corrected chi connectivity index (χ4v) is 5.35. The summed E-state index contributed by atoms with van der Waals surface area (Å²) in [5, 5.41) is 10.0. The van der Waals surface area contributed by atoms with E-state index in [0.717, 1.165) is 16.9 Å². The monoisotopic (exact) mass is 564 g/mol. The van der Waals surface area contributed by atoms with Gasteiger partial charge in [-0.1, -0.05) is 36.4 Å². The van der Waals surface area contributed by atoms with Gasteiger partial charge in [-0.2, -0.15) is 0 Å². The van der Waals surface area contributed by atoms with E-state index in [9.17, 15) is 14.7 Å². The third-order valence-electron chi connectivity index (χ3n) is 7.46. The number of ether oxygens (including phenoxy) is 4. The van der Waals surface area contributed by atoms with Crippen LogP contribution in [0.4, 0.5) is 0 Å². The quantitative estimate of drug-likeness (QED) is 0.174. The molecule has 0 fully saturated rings. The topological polar surface area (TPSA) is 104 Å². The smallest absolute Gasteiger partial charge is 0.312 e. The van der Waals surface area contributed by atoms with E-state index in [1.165, 1.54) is 18.4 Å². The van der Waals surface area contributed by atoms with Crippen molar-refractivity contribution in [2.24, 2.45) is 0 Å². The molecule has 0 unspecified atom stereocenters. The Morgan fingerprint density at radius 1 is 0.905 bits per heavy atom. The molecule has 1 N–H and O–H groups in total. The fraction of sp³-hybridized carbons (Fsp3) is 0.176. The van der Waals surface area contributed by atoms with Crippen molar-refractivity contribution in [3.8, 4) is 39.9 Å². The molecular weight excluding hydrogens is 536 g/mol. The molecule has 4 aromatic carbocycles. The summed E-state index contributed by atoms with van der Waals surface area (Å²) >= 11 is 0. The minimum Gasteiger partial charge on any atom is -0.508 e. The van der Waals surface area contributed by atoms with Gasteiger partial charge >= 0.3 is 5.97 Å². The van der Waals surface area contributed by atoms with Crippen LogP contribution < -0.4 is 24.4 Å². The molecular formula is C34H28O8. The van der Waals surface area contributed by atoms with Crippen LogP contribution in [-0.2, 0) is 11.2 Å². The fourth-order valence-electron chi connectivity index (χ4n) is 5.35. The molecule has 8 nitrogen and oxygen atoms in total. The number of carbonyl (C=O) groups is 1. The predicted octanol–water partition coefficient (Wildman–Crippen LogP) is 6.25. The highest BCUT2D eigenvalue weighted by Crippen LogP contribution is 2.47. The average Bonchev–Trinajstić information content (AvgIpc) is 3.01. The van der Waals surface area contributed by atoms with Gasteiger partial charge in [-0.05, 0) is 53.6 Å². The summed E-state index contributed by atoms with van der Waals surface area (Å²) in [6.07, 6.45) is 2.07. The Labute approximate surface area is 241 Å². The lowest BCUT2D eigenvalue weighted by Crippen LogP contribution is -2.22. The normalized spacial score (nSPS) is 14.2. The van der Waals surface area contributed by atoms with Gasteiger partial charge in [0.2, 0.25) is 5.43 Å². The van der Waals surface area contributed by atoms with Crippen LogP contribution in [0.5, 0.6) is 28.7 Å². The van der Waals surface area contributed by atoms with Gasteiger partial charge in [0, 0.05) is 23.5 Å². The average molecular weight is 565 g/mol. The van der Waals surface area contributed by atoms with Crippen molar-refractivity contribution in [2.75, 3.05) is 20.8 Å². The van der Waals surface area contributed by atoms with E-state index in [4.69, 9.17) is 23.4 Å². The Bertz CT molecular complexity index is 1820. The number of esters is 1. The number of hydrogen-bond acceptors (Lipinski definition) is 8. The lowest BCUT2D eigenvalue weighted by molar-refractivity contribution is -0.135. The highest BCUT2D eigenvalue weighted by Gasteiger charge is 2.34. The number of aromatic hydroxyl groups is 1. The molecule has 0 saturated heterocycles. The Balaban J connectivity index is 1.41. The van der Waals surface area contributed by atoms with Crippen molar-refractivity contribution in [1.82, 2.24) is 0 Å². The highest BCUT2D eigenvalue weighted by atomic mass is 16.5. The third-order valence-corrected chi connectivity index (χ3v) is 7.46. The van der Waals surface area contributed by atoms with Crippen molar-refractivity contribution < 1.29 is 33.3 Å². The molecule has 0 radical (unpaired) electrons. The van der Waals surface area contributed by atoms with E-state index >= 15 is 0 Å². The summed E-state index contributed by atoms with van der Waals surface area (Å²) in [5.41, 5.74) is 3.47. The Hall–Kier alpha value is -5.24. The minimum absolute atomic E-state index is 0.0253. The summed E-state index contributed by atoms with van der Waals surface area (Å²) in [6.45, 7) is 0.365. The molecule has 1 aliphatic rings. The first-order valence-electron chi connectivity index (χ1n) is 13.5. The number of fused-ring (bicyclic) bond motifs is 3. The minimum atomic E-state index is -0.515. The molecule has 2 heterocycles. The number of para-hydroxylation sites is 1. The van der Waals surface area contributed by atoms with Crippen LogP contribution >= 0.6 is 0 Å². The molecule has 1 atom stereocenters. The van der Waals surface area contributed by atoms with Crippen molar-refractivity contribution in [3.05, 3.63) is 112 Å². The van der Waals surface area contributed by atoms with E-state index in [-0.39, 0.29) is 17.6 Å². The first-order valence-corrected chi connectivity index (χ1v) is 13.5. The van der Waals surface area contributed by atoms with E-state index in [2.05, 4.69) is 0 Å². The van der Waals surface area contributed by atoms with Gasteiger partial charge in [-0.25, -0.2) is 0 Å². The van der Waals surface area contributed by atoms with Gasteiger partial charge in [0.15, 0.2) is 11.5 Å². The summed E-state index contributed by atoms with van der Waals surface area (Å²) in [4.78, 5) is 26.4. The Kier molecular flexibility index (Phi) is 7.27. The second kappa shape index (κ2) is 11.3. The largest absolute Gasteiger partial charge is 0.508 e. The van der Waals surface area contributed by atoms with Gasteiger partial charge < -0.3 is 28.5 Å². The first kappa shape index (κ1) is 27.0. The summed E-state index contributed by atoms with van der Waals surface area (Å²) in [7, 11) is 3.20. The highest BCUT2D eigenvalue weighted by molar-refractivity contribution is 5.90. The predicted molar refractivity (Wildman–Crippen MR) is 157 cm³/mol. The molecule has 5 aromatic rings. The van der Waals surface area contributed by atoms with Crippen molar-refractivity contribution in [2.45, 2.75) is 18.8 Å². The van der Waals surface area contributed by atoms with E-state index < -0.39 is 11.9 Å². The molecule has 42 heavy (non-hydrogen) atoms. The summed E-state index contributed by atoms with van der Waals surface area (Å²) < 4.78 is 28.9. The molecule has 0 amide bonds. The molecule has 0 spiro atoms. The van der Waals surface area contributed by atoms with Crippen molar-refractivity contribution in [3.63, 3.8) is 0 Å². The molecule has 0 aliphatic carbocycles. The van der Waals surface area contributed by atoms with Gasteiger partial charge in [0.1, 0.15) is 29.1 Å². The number of hydrogen-bond donors (Lipinski definition) is 1. The van der Waals surface area contributed by atoms with Gasteiger partial charge in [-0.3, -0.25) is 9.59 Å². The molecule has 6 rings (SSSR count). The second-order valence-corrected chi connectivity index (χ2v) is 9.94. The standard InChI is InChI=1S/C34H28O8/c1-38-23-12-6-20(7-13-23)16-17-40-33-24(4-3-5-29(33)39-2)26-18-30(36)42-28-15-14-25-32(37)27(19-41-34(25)31(26)28)21-8-10-22(35)11-9-21/h3-15,19,26,35H,16-18H2,1-2H3/t26-/m1/s1. The number of methoxy groups -OCH3 is 2. The van der Waals surface area contributed by atoms with E-state index in [1.54, 1.807) is 44.6 Å². The molecule has 1 aromatic heterocycles. The zero-order valence-electron chi connectivity index (χ0n) is 23.1. The summed E-state index contributed by atoms with van der Waals surface area (Å²) in [6, 6.07) is 22.9. The van der Waals surface area contributed by atoms with E-state index in [1.807, 2.05) is 36.4 Å². The number of phenolic OH excluding ortho intramolecular Hbond substituents is 1. The zero-order chi connectivity index (χ0) is 29.2. The molecule has 0 bridgehead atoms. The van der Waals surface area contributed by atoms with E-state index in [0.29, 0.717) is 57.9 Å². The van der Waals surface area contributed by atoms with Crippen LogP contribution in [0.2, 0.25) is 0 Å². The SMILES string of the molecule is COc1ccc(CCOc2c(OC)cccc2[C@H]2CC(=O)Oc3ccc4c(=O)c(-c5ccc(O)cc5)coc4c32)cc1. The van der Waals surface area contributed by atoms with Crippen molar-refractivity contribution >= 4 is 16.9 Å². The maximum Gasteiger partial charge on any atom is 0.312 e. The number of rotatable bonds is 8. The van der Waals surface area contributed by atoms with Crippen LogP contribution in [0.1, 0.15) is 29.0 Å². The Morgan fingerprint density at radius 2 is 1.69 bits per heavy atom. The maximum absolute atomic E-state index is 13.6. The van der Waals surface area contributed by atoms with Gasteiger partial charge in [0.25, 0.3) is 0 Å². The van der Waals surface area contributed by atoms with Crippen LogP contribution in [0.3, 0.4) is 0 Å². The third kappa shape index (κ3) is 5.03. The maximum atomic E-state index is 13.6. The van der Waals surface area contributed by atoms with Gasteiger partial charge in [0.05, 0.1) is 38.2 Å². The second-order valence-electron chi connectivity index (χ2n) is 9.94. The van der Waals surface area contributed by atoms with Crippen LogP contribution in [0, 0.1) is 0 Å². The zero-order valence-corrected chi connectivity index (χ0v) is 23.1. The van der Waals surface area contributed by atoms with Crippen LogP contribution in [-0.4, -0.2) is 31.9 Å². The Morgan fingerprint density at radius 3 is 2.43 bits per heavy atom.